The van der Waals surface area contributed by atoms with Gasteiger partial charge in [-0.05, 0) is 30.5 Å². The molecule has 1 aliphatic rings. The molecular weight excluding hydrogens is 216 g/mol. The molecule has 1 atom stereocenters. The molecule has 0 saturated carbocycles. The molecule has 4 nitrogen and oxygen atoms in total. The number of carbonyl (C=O) groups excluding carboxylic acids is 1. The minimum absolute atomic E-state index is 0.0327. The monoisotopic (exact) mass is 234 g/mol. The van der Waals surface area contributed by atoms with Crippen LogP contribution in [0, 0.1) is 0 Å². The van der Waals surface area contributed by atoms with Gasteiger partial charge in [-0.25, -0.2) is 0 Å². The van der Waals surface area contributed by atoms with Gasteiger partial charge >= 0.3 is 0 Å². The molecule has 0 aromatic heterocycles. The summed E-state index contributed by atoms with van der Waals surface area (Å²) >= 11 is 0. The first-order valence-electron chi connectivity index (χ1n) is 5.97. The molecule has 1 heterocycles. The fourth-order valence-electron chi connectivity index (χ4n) is 1.92. The molecule has 0 bridgehead atoms. The zero-order chi connectivity index (χ0) is 12.1. The molecule has 92 valence electrons. The molecular formula is C13H18N2O2. The van der Waals surface area contributed by atoms with Crippen molar-refractivity contribution in [2.24, 2.45) is 0 Å². The van der Waals surface area contributed by atoms with Crippen LogP contribution in [0.15, 0.2) is 24.3 Å². The van der Waals surface area contributed by atoms with Gasteiger partial charge in [-0.3, -0.25) is 4.79 Å². The maximum atomic E-state index is 11.7. The molecule has 0 radical (unpaired) electrons. The number of amides is 1. The Kier molecular flexibility index (Phi) is 3.98. The summed E-state index contributed by atoms with van der Waals surface area (Å²) in [6.07, 6.45) is 2.73. The van der Waals surface area contributed by atoms with E-state index >= 15 is 0 Å². The van der Waals surface area contributed by atoms with E-state index in [1.165, 1.54) is 0 Å². The minimum atomic E-state index is 0.0327. The number of benzene rings is 1. The lowest BCUT2D eigenvalue weighted by atomic mass is 10.1. The third kappa shape index (κ3) is 3.75. The van der Waals surface area contributed by atoms with E-state index in [1.54, 1.807) is 0 Å². The Morgan fingerprint density at radius 1 is 1.41 bits per heavy atom. The van der Waals surface area contributed by atoms with Crippen molar-refractivity contribution in [2.45, 2.75) is 25.4 Å². The first-order chi connectivity index (χ1) is 8.24. The molecule has 17 heavy (non-hydrogen) atoms. The Bertz CT molecular complexity index is 370. The normalized spacial score (nSPS) is 19.2. The molecule has 1 amide bonds. The summed E-state index contributed by atoms with van der Waals surface area (Å²) < 4.78 is 5.44. The number of anilines is 1. The molecule has 1 fully saturated rings. The Morgan fingerprint density at radius 2 is 2.18 bits per heavy atom. The Labute approximate surface area is 101 Å². The summed E-state index contributed by atoms with van der Waals surface area (Å²) in [4.78, 5) is 11.7. The van der Waals surface area contributed by atoms with Crippen molar-refractivity contribution < 1.29 is 9.53 Å². The Balaban J connectivity index is 1.74. The molecule has 1 aromatic carbocycles. The number of rotatable bonds is 4. The van der Waals surface area contributed by atoms with E-state index in [4.69, 9.17) is 10.5 Å². The highest BCUT2D eigenvalue weighted by molar-refractivity contribution is 5.78. The van der Waals surface area contributed by atoms with Gasteiger partial charge in [0.05, 0.1) is 12.5 Å². The van der Waals surface area contributed by atoms with Crippen molar-refractivity contribution in [3.05, 3.63) is 29.8 Å². The summed E-state index contributed by atoms with van der Waals surface area (Å²) in [5.41, 5.74) is 7.27. The van der Waals surface area contributed by atoms with Crippen LogP contribution in [0.1, 0.15) is 18.4 Å². The number of nitrogen functional groups attached to an aromatic ring is 1. The van der Waals surface area contributed by atoms with Crippen molar-refractivity contribution in [3.63, 3.8) is 0 Å². The van der Waals surface area contributed by atoms with E-state index in [0.29, 0.717) is 18.7 Å². The molecule has 1 aliphatic heterocycles. The van der Waals surface area contributed by atoms with Crippen LogP contribution in [0.3, 0.4) is 0 Å². The quantitative estimate of drug-likeness (QED) is 0.767. The molecule has 0 spiro atoms. The lowest BCUT2D eigenvalue weighted by molar-refractivity contribution is -0.120. The Morgan fingerprint density at radius 3 is 2.82 bits per heavy atom. The van der Waals surface area contributed by atoms with Gasteiger partial charge in [-0.15, -0.1) is 0 Å². The predicted molar refractivity (Wildman–Crippen MR) is 66.5 cm³/mol. The summed E-state index contributed by atoms with van der Waals surface area (Å²) in [6.45, 7) is 1.44. The van der Waals surface area contributed by atoms with E-state index < -0.39 is 0 Å². The number of hydrogen-bond acceptors (Lipinski definition) is 3. The summed E-state index contributed by atoms with van der Waals surface area (Å²) in [5, 5.41) is 2.89. The zero-order valence-electron chi connectivity index (χ0n) is 9.82. The number of hydrogen-bond donors (Lipinski definition) is 2. The second-order valence-electron chi connectivity index (χ2n) is 4.36. The van der Waals surface area contributed by atoms with Gasteiger partial charge in [-0.2, -0.15) is 0 Å². The second kappa shape index (κ2) is 5.68. The maximum absolute atomic E-state index is 11.7. The van der Waals surface area contributed by atoms with Gasteiger partial charge in [0, 0.05) is 18.8 Å². The van der Waals surface area contributed by atoms with Crippen LogP contribution in [0.5, 0.6) is 0 Å². The zero-order valence-corrected chi connectivity index (χ0v) is 9.82. The van der Waals surface area contributed by atoms with Gasteiger partial charge in [0.2, 0.25) is 5.91 Å². The number of nitrogens with two attached hydrogens (primary N) is 1. The Hall–Kier alpha value is -1.55. The molecule has 4 heteroatoms. The smallest absolute Gasteiger partial charge is 0.224 e. The summed E-state index contributed by atoms with van der Waals surface area (Å²) in [6, 6.07) is 7.37. The number of ether oxygens (including phenoxy) is 1. The second-order valence-corrected chi connectivity index (χ2v) is 4.36. The van der Waals surface area contributed by atoms with Crippen molar-refractivity contribution in [1.29, 1.82) is 0 Å². The van der Waals surface area contributed by atoms with Crippen molar-refractivity contribution >= 4 is 11.6 Å². The first kappa shape index (κ1) is 11.9. The average molecular weight is 234 g/mol. The van der Waals surface area contributed by atoms with E-state index in [1.807, 2.05) is 24.3 Å². The summed E-state index contributed by atoms with van der Waals surface area (Å²) in [7, 11) is 0. The highest BCUT2D eigenvalue weighted by Gasteiger charge is 2.15. The predicted octanol–water partition coefficient (Wildman–Crippen LogP) is 1.11. The van der Waals surface area contributed by atoms with Crippen molar-refractivity contribution in [1.82, 2.24) is 5.32 Å². The molecule has 2 rings (SSSR count). The number of nitrogens with one attached hydrogen (secondary N) is 1. The fraction of sp³-hybridized carbons (Fsp3) is 0.462. The van der Waals surface area contributed by atoms with Crippen molar-refractivity contribution in [2.75, 3.05) is 18.9 Å². The summed E-state index contributed by atoms with van der Waals surface area (Å²) in [5.74, 6) is 0.0327. The minimum Gasteiger partial charge on any atom is -0.399 e. The van der Waals surface area contributed by atoms with Crippen LogP contribution < -0.4 is 11.1 Å². The van der Waals surface area contributed by atoms with Crippen LogP contribution in [-0.2, 0) is 16.0 Å². The molecule has 3 N–H and O–H groups in total. The van der Waals surface area contributed by atoms with Gasteiger partial charge in [-0.1, -0.05) is 12.1 Å². The van der Waals surface area contributed by atoms with Crippen LogP contribution in [0.2, 0.25) is 0 Å². The highest BCUT2D eigenvalue weighted by Crippen LogP contribution is 2.11. The van der Waals surface area contributed by atoms with Crippen molar-refractivity contribution in [3.8, 4) is 0 Å². The SMILES string of the molecule is Nc1ccc(CC(=O)NC[C@@H]2CCCO2)cc1. The van der Waals surface area contributed by atoms with Crippen LogP contribution in [0.25, 0.3) is 0 Å². The fourth-order valence-corrected chi connectivity index (χ4v) is 1.92. The highest BCUT2D eigenvalue weighted by atomic mass is 16.5. The van der Waals surface area contributed by atoms with Gasteiger partial charge in [0.15, 0.2) is 0 Å². The molecule has 0 aliphatic carbocycles. The van der Waals surface area contributed by atoms with Gasteiger partial charge < -0.3 is 15.8 Å². The van der Waals surface area contributed by atoms with E-state index in [0.717, 1.165) is 25.0 Å². The lowest BCUT2D eigenvalue weighted by Crippen LogP contribution is -2.32. The van der Waals surface area contributed by atoms with E-state index in [9.17, 15) is 4.79 Å². The third-order valence-corrected chi connectivity index (χ3v) is 2.90. The standard InChI is InChI=1S/C13H18N2O2/c14-11-5-3-10(4-6-11)8-13(16)15-9-12-2-1-7-17-12/h3-6,12H,1-2,7-9,14H2,(H,15,16)/t12-/m0/s1. The molecule has 1 saturated heterocycles. The maximum Gasteiger partial charge on any atom is 0.224 e. The lowest BCUT2D eigenvalue weighted by Gasteiger charge is -2.10. The van der Waals surface area contributed by atoms with Crippen LogP contribution in [0.4, 0.5) is 5.69 Å². The largest absolute Gasteiger partial charge is 0.399 e. The third-order valence-electron chi connectivity index (χ3n) is 2.90. The van der Waals surface area contributed by atoms with Gasteiger partial charge in [0.25, 0.3) is 0 Å². The number of carbonyl (C=O) groups is 1. The van der Waals surface area contributed by atoms with E-state index in [2.05, 4.69) is 5.32 Å². The molecule has 1 aromatic rings. The van der Waals surface area contributed by atoms with E-state index in [-0.39, 0.29) is 12.0 Å². The van der Waals surface area contributed by atoms with Crippen LogP contribution in [-0.4, -0.2) is 25.2 Å². The van der Waals surface area contributed by atoms with Crippen LogP contribution >= 0.6 is 0 Å². The topological polar surface area (TPSA) is 64.4 Å². The van der Waals surface area contributed by atoms with Gasteiger partial charge in [0.1, 0.15) is 0 Å². The first-order valence-corrected chi connectivity index (χ1v) is 5.97. The molecule has 0 unspecified atom stereocenters. The average Bonchev–Trinajstić information content (AvgIpc) is 2.83.